The summed E-state index contributed by atoms with van der Waals surface area (Å²) in [5.41, 5.74) is 2.05. The van der Waals surface area contributed by atoms with Crippen LogP contribution in [0.2, 0.25) is 0 Å². The van der Waals surface area contributed by atoms with Gasteiger partial charge in [-0.1, -0.05) is 48.5 Å². The first-order chi connectivity index (χ1) is 12.0. The highest BCUT2D eigenvalue weighted by atomic mass is 19.1. The van der Waals surface area contributed by atoms with Gasteiger partial charge in [-0.05, 0) is 55.8 Å². The zero-order valence-electron chi connectivity index (χ0n) is 15.0. The van der Waals surface area contributed by atoms with Crippen LogP contribution in [0, 0.1) is 11.7 Å². The van der Waals surface area contributed by atoms with Gasteiger partial charge >= 0.3 is 0 Å². The van der Waals surface area contributed by atoms with E-state index in [4.69, 9.17) is 0 Å². The standard InChI is InChI=1S/C22H26FNO/c1-24(2)16-20-12-11-19(13-17-7-4-3-5-8-17)22(20,25)15-18-9-6-10-21(23)14-18/h3-10,13-14,20,25H,11-12,15-16H2,1-2H3. The minimum absolute atomic E-state index is 0.140. The lowest BCUT2D eigenvalue weighted by molar-refractivity contribution is 0.0256. The zero-order valence-corrected chi connectivity index (χ0v) is 15.0. The Bertz CT molecular complexity index is 741. The molecule has 0 bridgehead atoms. The Morgan fingerprint density at radius 1 is 1.16 bits per heavy atom. The molecule has 0 radical (unpaired) electrons. The van der Waals surface area contributed by atoms with Gasteiger partial charge in [0, 0.05) is 18.9 Å². The molecule has 1 saturated carbocycles. The Kier molecular flexibility index (Phi) is 5.36. The van der Waals surface area contributed by atoms with E-state index in [9.17, 15) is 9.50 Å². The fraction of sp³-hybridized carbons (Fsp3) is 0.364. The fourth-order valence-corrected chi connectivity index (χ4v) is 3.89. The van der Waals surface area contributed by atoms with Crippen molar-refractivity contribution in [1.82, 2.24) is 4.90 Å². The first kappa shape index (κ1) is 17.8. The molecular weight excluding hydrogens is 313 g/mol. The molecule has 1 aliphatic rings. The lowest BCUT2D eigenvalue weighted by Gasteiger charge is -2.33. The van der Waals surface area contributed by atoms with Gasteiger partial charge in [0.2, 0.25) is 0 Å². The first-order valence-electron chi connectivity index (χ1n) is 8.85. The normalized spacial score (nSPS) is 25.0. The topological polar surface area (TPSA) is 23.5 Å². The maximum atomic E-state index is 13.6. The molecule has 25 heavy (non-hydrogen) atoms. The van der Waals surface area contributed by atoms with Crippen LogP contribution in [0.4, 0.5) is 4.39 Å². The van der Waals surface area contributed by atoms with Gasteiger partial charge in [0.15, 0.2) is 0 Å². The van der Waals surface area contributed by atoms with Crippen molar-refractivity contribution < 1.29 is 9.50 Å². The van der Waals surface area contributed by atoms with Crippen molar-refractivity contribution in [2.75, 3.05) is 20.6 Å². The number of benzene rings is 2. The second-order valence-corrected chi connectivity index (χ2v) is 7.31. The van der Waals surface area contributed by atoms with E-state index in [-0.39, 0.29) is 11.7 Å². The van der Waals surface area contributed by atoms with Gasteiger partial charge in [-0.25, -0.2) is 4.39 Å². The van der Waals surface area contributed by atoms with E-state index in [0.29, 0.717) is 6.42 Å². The summed E-state index contributed by atoms with van der Waals surface area (Å²) >= 11 is 0. The van der Waals surface area contributed by atoms with Crippen LogP contribution in [0.5, 0.6) is 0 Å². The van der Waals surface area contributed by atoms with E-state index in [0.717, 1.165) is 36.1 Å². The molecule has 0 amide bonds. The maximum absolute atomic E-state index is 13.6. The predicted octanol–water partition coefficient (Wildman–Crippen LogP) is 4.15. The second kappa shape index (κ2) is 7.51. The van der Waals surface area contributed by atoms with Gasteiger partial charge in [0.05, 0.1) is 5.60 Å². The molecule has 2 aromatic rings. The third-order valence-corrected chi connectivity index (χ3v) is 5.08. The second-order valence-electron chi connectivity index (χ2n) is 7.31. The van der Waals surface area contributed by atoms with Crippen LogP contribution in [0.15, 0.2) is 60.2 Å². The molecule has 3 heteroatoms. The molecule has 3 rings (SSSR count). The Hall–Kier alpha value is -1.97. The van der Waals surface area contributed by atoms with Gasteiger partial charge in [0.1, 0.15) is 5.82 Å². The number of aliphatic hydroxyl groups is 1. The van der Waals surface area contributed by atoms with Gasteiger partial charge in [-0.3, -0.25) is 0 Å². The average Bonchev–Trinajstić information content (AvgIpc) is 2.84. The Morgan fingerprint density at radius 2 is 1.92 bits per heavy atom. The summed E-state index contributed by atoms with van der Waals surface area (Å²) in [5.74, 6) is -0.113. The van der Waals surface area contributed by atoms with E-state index in [1.165, 1.54) is 12.1 Å². The monoisotopic (exact) mass is 339 g/mol. The molecule has 0 aromatic heterocycles. The average molecular weight is 339 g/mol. The quantitative estimate of drug-likeness (QED) is 0.884. The number of nitrogens with zero attached hydrogens (tertiary/aromatic N) is 1. The molecule has 0 saturated heterocycles. The first-order valence-corrected chi connectivity index (χ1v) is 8.85. The summed E-state index contributed by atoms with van der Waals surface area (Å²) in [5, 5.41) is 11.6. The number of rotatable bonds is 5. The van der Waals surface area contributed by atoms with E-state index in [1.807, 2.05) is 38.4 Å². The molecule has 2 aromatic carbocycles. The Morgan fingerprint density at radius 3 is 2.60 bits per heavy atom. The largest absolute Gasteiger partial charge is 0.385 e. The van der Waals surface area contributed by atoms with Crippen LogP contribution in [-0.2, 0) is 6.42 Å². The molecule has 1 aliphatic carbocycles. The molecule has 2 unspecified atom stereocenters. The van der Waals surface area contributed by atoms with Crippen molar-refractivity contribution in [3.63, 3.8) is 0 Å². The third-order valence-electron chi connectivity index (χ3n) is 5.08. The Labute approximate surface area is 149 Å². The predicted molar refractivity (Wildman–Crippen MR) is 101 cm³/mol. The molecular formula is C22H26FNO. The minimum Gasteiger partial charge on any atom is -0.385 e. The highest BCUT2D eigenvalue weighted by molar-refractivity contribution is 5.56. The lowest BCUT2D eigenvalue weighted by Crippen LogP contribution is -2.42. The number of hydrogen-bond donors (Lipinski definition) is 1. The number of hydrogen-bond acceptors (Lipinski definition) is 2. The highest BCUT2D eigenvalue weighted by Crippen LogP contribution is 2.43. The summed E-state index contributed by atoms with van der Waals surface area (Å²) in [6, 6.07) is 16.7. The summed E-state index contributed by atoms with van der Waals surface area (Å²) in [6.07, 6.45) is 4.37. The number of halogens is 1. The smallest absolute Gasteiger partial charge is 0.123 e. The van der Waals surface area contributed by atoms with Gasteiger partial charge in [-0.2, -0.15) is 0 Å². The summed E-state index contributed by atoms with van der Waals surface area (Å²) in [7, 11) is 4.06. The van der Waals surface area contributed by atoms with Crippen molar-refractivity contribution in [2.45, 2.75) is 24.9 Å². The van der Waals surface area contributed by atoms with E-state index >= 15 is 0 Å². The van der Waals surface area contributed by atoms with Crippen LogP contribution in [0.25, 0.3) is 6.08 Å². The van der Waals surface area contributed by atoms with Gasteiger partial charge in [0.25, 0.3) is 0 Å². The molecule has 0 spiro atoms. The van der Waals surface area contributed by atoms with Crippen LogP contribution < -0.4 is 0 Å². The Balaban J connectivity index is 1.95. The van der Waals surface area contributed by atoms with E-state index in [2.05, 4.69) is 23.1 Å². The van der Waals surface area contributed by atoms with Crippen LogP contribution >= 0.6 is 0 Å². The molecule has 2 nitrogen and oxygen atoms in total. The lowest BCUT2D eigenvalue weighted by atomic mass is 9.81. The van der Waals surface area contributed by atoms with Crippen molar-refractivity contribution in [3.8, 4) is 0 Å². The van der Waals surface area contributed by atoms with Crippen LogP contribution in [0.3, 0.4) is 0 Å². The fourth-order valence-electron chi connectivity index (χ4n) is 3.89. The SMILES string of the molecule is CN(C)CC1CCC(=Cc2ccccc2)C1(O)Cc1cccc(F)c1. The van der Waals surface area contributed by atoms with E-state index in [1.54, 1.807) is 6.07 Å². The summed E-state index contributed by atoms with van der Waals surface area (Å²) in [6.45, 7) is 0.817. The molecule has 1 fully saturated rings. The van der Waals surface area contributed by atoms with Crippen LogP contribution in [0.1, 0.15) is 24.0 Å². The highest BCUT2D eigenvalue weighted by Gasteiger charge is 2.45. The van der Waals surface area contributed by atoms with Crippen molar-refractivity contribution >= 4 is 6.08 Å². The summed E-state index contributed by atoms with van der Waals surface area (Å²) < 4.78 is 13.6. The molecule has 1 N–H and O–H groups in total. The maximum Gasteiger partial charge on any atom is 0.123 e. The van der Waals surface area contributed by atoms with Gasteiger partial charge < -0.3 is 10.0 Å². The van der Waals surface area contributed by atoms with Gasteiger partial charge in [-0.15, -0.1) is 0 Å². The molecule has 0 heterocycles. The minimum atomic E-state index is -0.937. The molecule has 2 atom stereocenters. The molecule has 0 aliphatic heterocycles. The molecule has 132 valence electrons. The van der Waals surface area contributed by atoms with Crippen LogP contribution in [-0.4, -0.2) is 36.2 Å². The summed E-state index contributed by atoms with van der Waals surface area (Å²) in [4.78, 5) is 2.12. The third kappa shape index (κ3) is 4.17. The van der Waals surface area contributed by atoms with Crippen molar-refractivity contribution in [3.05, 3.63) is 77.1 Å². The zero-order chi connectivity index (χ0) is 17.9. The van der Waals surface area contributed by atoms with E-state index < -0.39 is 5.60 Å². The van der Waals surface area contributed by atoms with Crippen molar-refractivity contribution in [2.24, 2.45) is 5.92 Å². The van der Waals surface area contributed by atoms with Crippen molar-refractivity contribution in [1.29, 1.82) is 0 Å².